The van der Waals surface area contributed by atoms with Gasteiger partial charge in [-0.3, -0.25) is 4.79 Å². The first-order chi connectivity index (χ1) is 8.14. The minimum absolute atomic E-state index is 0.0198. The second kappa shape index (κ2) is 4.72. The third-order valence-electron chi connectivity index (χ3n) is 2.72. The molecule has 2 rings (SSSR count). The molecule has 1 atom stereocenters. The van der Waals surface area contributed by atoms with Gasteiger partial charge in [0.2, 0.25) is 0 Å². The summed E-state index contributed by atoms with van der Waals surface area (Å²) in [4.78, 5) is 11.6. The maximum Gasteiger partial charge on any atom is 0.189 e. The van der Waals surface area contributed by atoms with Crippen molar-refractivity contribution in [1.82, 2.24) is 0 Å². The Morgan fingerprint density at radius 1 is 1.47 bits per heavy atom. The lowest BCUT2D eigenvalue weighted by molar-refractivity contribution is -0.118. The van der Waals surface area contributed by atoms with E-state index in [1.54, 1.807) is 19.1 Å². The molecule has 0 radical (unpaired) electrons. The van der Waals surface area contributed by atoms with Crippen LogP contribution >= 0.6 is 0 Å². The summed E-state index contributed by atoms with van der Waals surface area (Å²) in [5.41, 5.74) is 0.410. The monoisotopic (exact) mass is 232 g/mol. The van der Waals surface area contributed by atoms with Gasteiger partial charge in [0.15, 0.2) is 11.4 Å². The van der Waals surface area contributed by atoms with Crippen LogP contribution in [-0.2, 0) is 9.53 Å². The van der Waals surface area contributed by atoms with Gasteiger partial charge in [-0.2, -0.15) is 0 Å². The minimum atomic E-state index is -0.568. The molecule has 0 N–H and O–H groups in total. The summed E-state index contributed by atoms with van der Waals surface area (Å²) in [5.74, 6) is 0.861. The summed E-state index contributed by atoms with van der Waals surface area (Å²) < 4.78 is 10.4. The average Bonchev–Trinajstić information content (AvgIpc) is 3.08. The van der Waals surface area contributed by atoms with Gasteiger partial charge in [-0.15, -0.1) is 0 Å². The van der Waals surface area contributed by atoms with Gasteiger partial charge in [-0.25, -0.2) is 0 Å². The highest BCUT2D eigenvalue weighted by molar-refractivity contribution is 6.01. The Hall–Kier alpha value is -1.61. The minimum Gasteiger partial charge on any atom is -0.494 e. The molecule has 17 heavy (non-hydrogen) atoms. The number of rotatable bonds is 5. The van der Waals surface area contributed by atoms with Gasteiger partial charge in [0.1, 0.15) is 5.75 Å². The van der Waals surface area contributed by atoms with Crippen molar-refractivity contribution in [2.45, 2.75) is 19.4 Å². The van der Waals surface area contributed by atoms with E-state index < -0.39 is 5.60 Å². The molecule has 1 saturated heterocycles. The molecule has 1 unspecified atom stereocenters. The van der Waals surface area contributed by atoms with Crippen molar-refractivity contribution < 1.29 is 14.3 Å². The van der Waals surface area contributed by atoms with Crippen molar-refractivity contribution >= 4 is 11.9 Å². The Morgan fingerprint density at radius 3 is 2.65 bits per heavy atom. The molecule has 1 aliphatic heterocycles. The van der Waals surface area contributed by atoms with E-state index in [1.165, 1.54) is 0 Å². The Balaban J connectivity index is 1.98. The quantitative estimate of drug-likeness (QED) is 0.578. The highest BCUT2D eigenvalue weighted by atomic mass is 16.6. The first kappa shape index (κ1) is 11.9. The van der Waals surface area contributed by atoms with Crippen LogP contribution in [0, 0.1) is 0 Å². The molecule has 90 valence electrons. The molecule has 3 nitrogen and oxygen atoms in total. The van der Waals surface area contributed by atoms with Crippen LogP contribution in [-0.4, -0.2) is 24.6 Å². The van der Waals surface area contributed by atoms with Crippen LogP contribution in [0.5, 0.6) is 5.75 Å². The summed E-state index contributed by atoms with van der Waals surface area (Å²) in [6.07, 6.45) is 3.37. The fourth-order valence-corrected chi connectivity index (χ4v) is 1.44. The van der Waals surface area contributed by atoms with Crippen molar-refractivity contribution in [2.75, 3.05) is 13.2 Å². The molecule has 0 spiro atoms. The van der Waals surface area contributed by atoms with Crippen LogP contribution in [0.4, 0.5) is 0 Å². The van der Waals surface area contributed by atoms with Gasteiger partial charge in [-0.1, -0.05) is 18.2 Å². The number of hydrogen-bond acceptors (Lipinski definition) is 3. The van der Waals surface area contributed by atoms with E-state index in [-0.39, 0.29) is 5.78 Å². The Morgan fingerprint density at radius 2 is 2.12 bits per heavy atom. The number of ether oxygens (including phenoxy) is 2. The van der Waals surface area contributed by atoms with Gasteiger partial charge in [0.05, 0.1) is 13.2 Å². The lowest BCUT2D eigenvalue weighted by atomic mass is 10.1. The van der Waals surface area contributed by atoms with Gasteiger partial charge in [0, 0.05) is 0 Å². The standard InChI is InChI=1S/C14H16O3/c1-3-16-12-7-4-11(5-8-12)6-9-13(15)14(2)10-17-14/h4-9H,3,10H2,1-2H3. The molecule has 1 fully saturated rings. The molecule has 3 heteroatoms. The highest BCUT2D eigenvalue weighted by Gasteiger charge is 2.45. The van der Waals surface area contributed by atoms with E-state index >= 15 is 0 Å². The van der Waals surface area contributed by atoms with Gasteiger partial charge < -0.3 is 9.47 Å². The lowest BCUT2D eigenvalue weighted by Gasteiger charge is -2.02. The fourth-order valence-electron chi connectivity index (χ4n) is 1.44. The van der Waals surface area contributed by atoms with Gasteiger partial charge in [0.25, 0.3) is 0 Å². The molecule has 0 bridgehead atoms. The Labute approximate surface area is 101 Å². The average molecular weight is 232 g/mol. The normalized spacial score (nSPS) is 22.7. The second-order valence-corrected chi connectivity index (χ2v) is 4.22. The summed E-state index contributed by atoms with van der Waals surface area (Å²) in [6, 6.07) is 7.63. The van der Waals surface area contributed by atoms with Crippen LogP contribution < -0.4 is 4.74 Å². The van der Waals surface area contributed by atoms with Crippen LogP contribution in [0.15, 0.2) is 30.3 Å². The zero-order valence-corrected chi connectivity index (χ0v) is 10.1. The van der Waals surface area contributed by atoms with Gasteiger partial charge >= 0.3 is 0 Å². The van der Waals surface area contributed by atoms with E-state index in [1.807, 2.05) is 31.2 Å². The van der Waals surface area contributed by atoms with Crippen molar-refractivity contribution in [2.24, 2.45) is 0 Å². The molecule has 1 aliphatic rings. The first-order valence-electron chi connectivity index (χ1n) is 5.73. The van der Waals surface area contributed by atoms with Crippen LogP contribution in [0.2, 0.25) is 0 Å². The highest BCUT2D eigenvalue weighted by Crippen LogP contribution is 2.27. The molecule has 0 saturated carbocycles. The number of benzene rings is 1. The third kappa shape index (κ3) is 2.94. The van der Waals surface area contributed by atoms with E-state index in [9.17, 15) is 4.79 Å². The van der Waals surface area contributed by atoms with E-state index in [2.05, 4.69) is 0 Å². The van der Waals surface area contributed by atoms with Crippen molar-refractivity contribution in [3.05, 3.63) is 35.9 Å². The molecule has 0 aromatic heterocycles. The van der Waals surface area contributed by atoms with E-state index in [4.69, 9.17) is 9.47 Å². The first-order valence-corrected chi connectivity index (χ1v) is 5.73. The van der Waals surface area contributed by atoms with Crippen molar-refractivity contribution in [1.29, 1.82) is 0 Å². The molecule has 1 aromatic carbocycles. The zero-order valence-electron chi connectivity index (χ0n) is 10.1. The third-order valence-corrected chi connectivity index (χ3v) is 2.72. The van der Waals surface area contributed by atoms with E-state index in [0.717, 1.165) is 11.3 Å². The molecule has 0 aliphatic carbocycles. The van der Waals surface area contributed by atoms with Crippen molar-refractivity contribution in [3.8, 4) is 5.75 Å². The van der Waals surface area contributed by atoms with E-state index in [0.29, 0.717) is 13.2 Å². The van der Waals surface area contributed by atoms with Crippen LogP contribution in [0.1, 0.15) is 19.4 Å². The zero-order chi connectivity index (χ0) is 12.3. The predicted octanol–water partition coefficient (Wildman–Crippen LogP) is 2.46. The lowest BCUT2D eigenvalue weighted by Crippen LogP contribution is -2.17. The smallest absolute Gasteiger partial charge is 0.189 e. The van der Waals surface area contributed by atoms with Crippen LogP contribution in [0.25, 0.3) is 6.08 Å². The number of carbonyl (C=O) groups is 1. The topological polar surface area (TPSA) is 38.8 Å². The fraction of sp³-hybridized carbons (Fsp3) is 0.357. The summed E-state index contributed by atoms with van der Waals surface area (Å²) in [6.45, 7) is 4.93. The summed E-state index contributed by atoms with van der Waals surface area (Å²) >= 11 is 0. The molecule has 1 aromatic rings. The van der Waals surface area contributed by atoms with Crippen molar-refractivity contribution in [3.63, 3.8) is 0 Å². The number of ketones is 1. The number of epoxide rings is 1. The molecular formula is C14H16O3. The number of carbonyl (C=O) groups excluding carboxylic acids is 1. The summed E-state index contributed by atoms with van der Waals surface area (Å²) in [7, 11) is 0. The maximum atomic E-state index is 11.6. The molecule has 0 amide bonds. The molecule has 1 heterocycles. The Kier molecular flexibility index (Phi) is 3.29. The second-order valence-electron chi connectivity index (χ2n) is 4.22. The maximum absolute atomic E-state index is 11.6. The Bertz CT molecular complexity index is 427. The van der Waals surface area contributed by atoms with Crippen LogP contribution in [0.3, 0.4) is 0 Å². The van der Waals surface area contributed by atoms with Gasteiger partial charge in [-0.05, 0) is 37.6 Å². The number of hydrogen-bond donors (Lipinski definition) is 0. The summed E-state index contributed by atoms with van der Waals surface area (Å²) in [5, 5.41) is 0. The largest absolute Gasteiger partial charge is 0.494 e. The molecular weight excluding hydrogens is 216 g/mol. The predicted molar refractivity (Wildman–Crippen MR) is 66.0 cm³/mol. The SMILES string of the molecule is CCOc1ccc(C=CC(=O)C2(C)CO2)cc1.